The third-order valence-corrected chi connectivity index (χ3v) is 4.79. The highest BCUT2D eigenvalue weighted by Crippen LogP contribution is 2.68. The van der Waals surface area contributed by atoms with E-state index < -0.39 is 27.7 Å². The van der Waals surface area contributed by atoms with Gasteiger partial charge in [0.2, 0.25) is 11.3 Å². The smallest absolute Gasteiger partial charge is 0.215 e. The van der Waals surface area contributed by atoms with E-state index in [-0.39, 0.29) is 11.4 Å². The number of hydrogen-bond acceptors (Lipinski definition) is 6. The summed E-state index contributed by atoms with van der Waals surface area (Å²) >= 11 is 0. The Kier molecular flexibility index (Phi) is 2.61. The van der Waals surface area contributed by atoms with E-state index in [1.54, 1.807) is 19.9 Å². The van der Waals surface area contributed by atoms with Crippen LogP contribution in [0.25, 0.3) is 0 Å². The van der Waals surface area contributed by atoms with Gasteiger partial charge in [0.1, 0.15) is 0 Å². The number of nitriles is 3. The van der Waals surface area contributed by atoms with Crippen molar-refractivity contribution in [3.8, 4) is 18.2 Å². The minimum absolute atomic E-state index is 0.156. The molecule has 1 N–H and O–H groups in total. The molecule has 1 aliphatic carbocycles. The van der Waals surface area contributed by atoms with Crippen LogP contribution in [0.15, 0.2) is 11.6 Å². The Bertz CT molecular complexity index is 714. The monoisotopic (exact) mass is 282 g/mol. The predicted octanol–water partition coefficient (Wildman–Crippen LogP) is 1.85. The number of allylic oxidation sites excluding steroid dienone is 1. The molecule has 1 fully saturated rings. The van der Waals surface area contributed by atoms with Crippen molar-refractivity contribution < 1.29 is 9.53 Å². The summed E-state index contributed by atoms with van der Waals surface area (Å²) in [5.41, 5.74) is -6.24. The van der Waals surface area contributed by atoms with Gasteiger partial charge >= 0.3 is 0 Å². The first-order valence-corrected chi connectivity index (χ1v) is 6.36. The fourth-order valence-corrected chi connectivity index (χ4v) is 3.65. The second-order valence-corrected chi connectivity index (χ2v) is 6.14. The third-order valence-electron chi connectivity index (χ3n) is 4.79. The Balaban J connectivity index is 3.06. The van der Waals surface area contributed by atoms with Crippen LogP contribution in [-0.4, -0.2) is 17.3 Å². The number of fused-ring (bicyclic) bond motifs is 2. The molecule has 0 unspecified atom stereocenters. The van der Waals surface area contributed by atoms with Crippen LogP contribution >= 0.6 is 0 Å². The number of Topliss-reactive ketones (excluding diaryl/α,β-unsaturated/α-hetero) is 1. The van der Waals surface area contributed by atoms with Crippen molar-refractivity contribution >= 4 is 11.7 Å². The Morgan fingerprint density at radius 2 is 1.71 bits per heavy atom. The first-order chi connectivity index (χ1) is 9.60. The van der Waals surface area contributed by atoms with Crippen LogP contribution in [0.5, 0.6) is 0 Å². The summed E-state index contributed by atoms with van der Waals surface area (Å²) < 4.78 is 5.50. The summed E-state index contributed by atoms with van der Waals surface area (Å²) in [5, 5.41) is 37.2. The van der Waals surface area contributed by atoms with Crippen molar-refractivity contribution in [2.75, 3.05) is 0 Å². The molecule has 21 heavy (non-hydrogen) atoms. The standard InChI is InChI=1S/C15H14N4O2/c1-9(20)10-5-12(2,3)15(8-18)11(19)21-13(10,4)14(15,6-16)7-17/h5,19H,1-4H3/t13-,15-/m0/s1. The fraction of sp³-hybridized carbons (Fsp3) is 0.533. The molecule has 2 bridgehead atoms. The number of carbonyl (C=O) groups is 1. The highest BCUT2D eigenvalue weighted by Gasteiger charge is 2.81. The zero-order valence-corrected chi connectivity index (χ0v) is 12.2. The highest BCUT2D eigenvalue weighted by atomic mass is 16.5. The zero-order chi connectivity index (χ0) is 16.3. The summed E-state index contributed by atoms with van der Waals surface area (Å²) in [6.45, 7) is 6.00. The average molecular weight is 282 g/mol. The van der Waals surface area contributed by atoms with Crippen molar-refractivity contribution in [3.05, 3.63) is 11.6 Å². The maximum atomic E-state index is 12.0. The molecule has 1 saturated heterocycles. The Morgan fingerprint density at radius 3 is 2.10 bits per heavy atom. The van der Waals surface area contributed by atoms with Gasteiger partial charge in [-0.05, 0) is 13.8 Å². The average Bonchev–Trinajstić information content (AvgIpc) is 2.56. The highest BCUT2D eigenvalue weighted by molar-refractivity contribution is 6.02. The number of nitrogens with zero attached hydrogens (tertiary/aromatic N) is 3. The molecule has 0 saturated carbocycles. The molecule has 0 radical (unpaired) electrons. The zero-order valence-electron chi connectivity index (χ0n) is 12.2. The molecule has 2 rings (SSSR count). The van der Waals surface area contributed by atoms with Crippen molar-refractivity contribution in [3.63, 3.8) is 0 Å². The van der Waals surface area contributed by atoms with Gasteiger partial charge in [-0.25, -0.2) is 0 Å². The Morgan fingerprint density at radius 1 is 1.19 bits per heavy atom. The van der Waals surface area contributed by atoms with Crippen LogP contribution in [0.3, 0.4) is 0 Å². The van der Waals surface area contributed by atoms with Gasteiger partial charge in [-0.3, -0.25) is 10.2 Å². The van der Waals surface area contributed by atoms with Gasteiger partial charge in [0.25, 0.3) is 0 Å². The van der Waals surface area contributed by atoms with Crippen molar-refractivity contribution in [2.24, 2.45) is 16.2 Å². The molecule has 0 aromatic heterocycles. The predicted molar refractivity (Wildman–Crippen MR) is 71.5 cm³/mol. The quantitative estimate of drug-likeness (QED) is 0.786. The van der Waals surface area contributed by atoms with Gasteiger partial charge in [-0.15, -0.1) is 0 Å². The molecule has 0 amide bonds. The van der Waals surface area contributed by atoms with Crippen molar-refractivity contribution in [1.29, 1.82) is 21.2 Å². The van der Waals surface area contributed by atoms with Crippen LogP contribution in [0, 0.1) is 55.6 Å². The second-order valence-electron chi connectivity index (χ2n) is 6.14. The molecular formula is C15H14N4O2. The maximum absolute atomic E-state index is 12.0. The number of ketones is 1. The number of hydrogen-bond donors (Lipinski definition) is 1. The lowest BCUT2D eigenvalue weighted by molar-refractivity contribution is -0.116. The van der Waals surface area contributed by atoms with Gasteiger partial charge in [-0.1, -0.05) is 19.9 Å². The lowest BCUT2D eigenvalue weighted by atomic mass is 9.45. The van der Waals surface area contributed by atoms with Gasteiger partial charge in [0.15, 0.2) is 16.8 Å². The molecule has 6 heteroatoms. The van der Waals surface area contributed by atoms with E-state index >= 15 is 0 Å². The van der Waals surface area contributed by atoms with Gasteiger partial charge in [-0.2, -0.15) is 15.8 Å². The van der Waals surface area contributed by atoms with E-state index in [9.17, 15) is 20.6 Å². The molecule has 2 aliphatic rings. The Hall–Kier alpha value is -2.65. The second kappa shape index (κ2) is 3.71. The molecular weight excluding hydrogens is 268 g/mol. The molecule has 1 aliphatic heterocycles. The number of carbonyl (C=O) groups excluding carboxylic acids is 1. The molecule has 6 nitrogen and oxygen atoms in total. The van der Waals surface area contributed by atoms with Gasteiger partial charge < -0.3 is 4.74 Å². The lowest BCUT2D eigenvalue weighted by Gasteiger charge is -2.47. The number of rotatable bonds is 1. The maximum Gasteiger partial charge on any atom is 0.215 e. The minimum atomic E-state index is -1.95. The molecule has 0 aromatic rings. The van der Waals surface area contributed by atoms with E-state index in [4.69, 9.17) is 10.1 Å². The lowest BCUT2D eigenvalue weighted by Crippen LogP contribution is -2.59. The summed E-state index contributed by atoms with van der Waals surface area (Å²) in [4.78, 5) is 12.0. The Labute approximate surface area is 122 Å². The first kappa shape index (κ1) is 14.8. The fourth-order valence-electron chi connectivity index (χ4n) is 3.65. The van der Waals surface area contributed by atoms with Crippen molar-refractivity contribution in [2.45, 2.75) is 33.3 Å². The van der Waals surface area contributed by atoms with Crippen LogP contribution in [-0.2, 0) is 9.53 Å². The third kappa shape index (κ3) is 1.16. The van der Waals surface area contributed by atoms with E-state index in [1.165, 1.54) is 13.8 Å². The van der Waals surface area contributed by atoms with Crippen LogP contribution < -0.4 is 0 Å². The summed E-state index contributed by atoms with van der Waals surface area (Å²) in [5.74, 6) is -0.783. The molecule has 0 spiro atoms. The molecule has 2 atom stereocenters. The van der Waals surface area contributed by atoms with Crippen LogP contribution in [0.4, 0.5) is 0 Å². The van der Waals surface area contributed by atoms with Gasteiger partial charge in [0.05, 0.1) is 18.2 Å². The molecule has 1 heterocycles. The topological polar surface area (TPSA) is 122 Å². The first-order valence-electron chi connectivity index (χ1n) is 6.36. The molecule has 0 aromatic carbocycles. The molecule has 106 valence electrons. The van der Waals surface area contributed by atoms with Crippen LogP contribution in [0.1, 0.15) is 27.7 Å². The summed E-state index contributed by atoms with van der Waals surface area (Å²) in [6.07, 6.45) is 1.56. The normalized spacial score (nSPS) is 34.7. The van der Waals surface area contributed by atoms with E-state index in [0.717, 1.165) is 0 Å². The van der Waals surface area contributed by atoms with E-state index in [0.29, 0.717) is 0 Å². The van der Waals surface area contributed by atoms with Gasteiger partial charge in [0, 0.05) is 11.0 Å². The largest absolute Gasteiger partial charge is 0.466 e. The SMILES string of the molecule is CC(=O)C1=CC(C)(C)[C@]2(C#N)C(=N)O[C@]1(C)C2(C#N)C#N. The van der Waals surface area contributed by atoms with Crippen molar-refractivity contribution in [1.82, 2.24) is 0 Å². The summed E-state index contributed by atoms with van der Waals surface area (Å²) in [6, 6.07) is 5.76. The van der Waals surface area contributed by atoms with E-state index in [2.05, 4.69) is 0 Å². The number of nitrogens with one attached hydrogen (secondary N) is 1. The van der Waals surface area contributed by atoms with E-state index in [1.807, 2.05) is 18.2 Å². The number of ether oxygens (including phenoxy) is 1. The van der Waals surface area contributed by atoms with Crippen LogP contribution in [0.2, 0.25) is 0 Å². The summed E-state index contributed by atoms with van der Waals surface area (Å²) in [7, 11) is 0. The minimum Gasteiger partial charge on any atom is -0.466 e.